The Morgan fingerprint density at radius 1 is 1.40 bits per heavy atom. The molecule has 0 radical (unpaired) electrons. The lowest BCUT2D eigenvalue weighted by Gasteiger charge is -2.07. The summed E-state index contributed by atoms with van der Waals surface area (Å²) in [6.07, 6.45) is 1.83. The van der Waals surface area contributed by atoms with Crippen LogP contribution in [0.3, 0.4) is 0 Å². The van der Waals surface area contributed by atoms with Gasteiger partial charge in [0.05, 0.1) is 4.47 Å². The number of rotatable bonds is 4. The summed E-state index contributed by atoms with van der Waals surface area (Å²) in [5.74, 6) is -0.991. The first-order valence-electron chi connectivity index (χ1n) is 4.79. The zero-order valence-electron chi connectivity index (χ0n) is 8.37. The standard InChI is InChI=1S/C11H12BrClF2/c1-7(13)3-2-4-8-10(14)6-5-9(12)11(8)15/h5-7H,2-4H2,1H3. The van der Waals surface area contributed by atoms with Crippen molar-refractivity contribution in [2.24, 2.45) is 0 Å². The molecule has 15 heavy (non-hydrogen) atoms. The van der Waals surface area contributed by atoms with E-state index in [4.69, 9.17) is 11.6 Å². The Kier molecular flexibility index (Phi) is 5.00. The highest BCUT2D eigenvalue weighted by Crippen LogP contribution is 2.23. The van der Waals surface area contributed by atoms with Gasteiger partial charge >= 0.3 is 0 Å². The molecule has 0 aromatic heterocycles. The molecule has 0 saturated carbocycles. The van der Waals surface area contributed by atoms with E-state index in [-0.39, 0.29) is 10.9 Å². The second-order valence-corrected chi connectivity index (χ2v) is 5.09. The molecule has 0 amide bonds. The average Bonchev–Trinajstić information content (AvgIpc) is 2.17. The zero-order valence-corrected chi connectivity index (χ0v) is 10.7. The maximum Gasteiger partial charge on any atom is 0.143 e. The highest BCUT2D eigenvalue weighted by Gasteiger charge is 2.12. The van der Waals surface area contributed by atoms with E-state index in [2.05, 4.69) is 15.9 Å². The maximum atomic E-state index is 13.5. The average molecular weight is 298 g/mol. The van der Waals surface area contributed by atoms with Crippen LogP contribution in [0.1, 0.15) is 25.3 Å². The van der Waals surface area contributed by atoms with Crippen molar-refractivity contribution in [3.8, 4) is 0 Å². The van der Waals surface area contributed by atoms with Gasteiger partial charge < -0.3 is 0 Å². The molecule has 1 atom stereocenters. The van der Waals surface area contributed by atoms with E-state index < -0.39 is 11.6 Å². The van der Waals surface area contributed by atoms with Gasteiger partial charge in [-0.05, 0) is 54.2 Å². The van der Waals surface area contributed by atoms with Gasteiger partial charge in [0.25, 0.3) is 0 Å². The molecule has 0 bridgehead atoms. The molecule has 0 fully saturated rings. The number of hydrogen-bond acceptors (Lipinski definition) is 0. The van der Waals surface area contributed by atoms with Gasteiger partial charge in [0.2, 0.25) is 0 Å². The van der Waals surface area contributed by atoms with Crippen LogP contribution in [0.25, 0.3) is 0 Å². The third-order valence-corrected chi connectivity index (χ3v) is 3.00. The number of benzene rings is 1. The van der Waals surface area contributed by atoms with Crippen molar-refractivity contribution >= 4 is 27.5 Å². The highest BCUT2D eigenvalue weighted by atomic mass is 79.9. The van der Waals surface area contributed by atoms with Crippen molar-refractivity contribution in [2.75, 3.05) is 0 Å². The minimum Gasteiger partial charge on any atom is -0.207 e. The van der Waals surface area contributed by atoms with Crippen LogP contribution >= 0.6 is 27.5 Å². The molecule has 0 N–H and O–H groups in total. The van der Waals surface area contributed by atoms with E-state index in [0.717, 1.165) is 6.42 Å². The van der Waals surface area contributed by atoms with E-state index in [9.17, 15) is 8.78 Å². The maximum absolute atomic E-state index is 13.5. The monoisotopic (exact) mass is 296 g/mol. The van der Waals surface area contributed by atoms with Gasteiger partial charge in [-0.2, -0.15) is 0 Å². The molecule has 0 heterocycles. The minimum absolute atomic E-state index is 0.0447. The lowest BCUT2D eigenvalue weighted by molar-refractivity contribution is 0.542. The van der Waals surface area contributed by atoms with Gasteiger partial charge in [0, 0.05) is 10.9 Å². The van der Waals surface area contributed by atoms with Crippen molar-refractivity contribution in [3.05, 3.63) is 33.8 Å². The second-order valence-electron chi connectivity index (χ2n) is 3.49. The molecule has 1 unspecified atom stereocenters. The van der Waals surface area contributed by atoms with Crippen molar-refractivity contribution in [1.82, 2.24) is 0 Å². The molecule has 84 valence electrons. The third kappa shape index (κ3) is 3.72. The fourth-order valence-corrected chi connectivity index (χ4v) is 1.88. The topological polar surface area (TPSA) is 0 Å². The lowest BCUT2D eigenvalue weighted by Crippen LogP contribution is -1.99. The summed E-state index contributed by atoms with van der Waals surface area (Å²) in [6.45, 7) is 1.87. The van der Waals surface area contributed by atoms with Gasteiger partial charge in [0.1, 0.15) is 11.6 Å². The molecular weight excluding hydrogens is 285 g/mol. The molecule has 1 rings (SSSR count). The molecule has 0 spiro atoms. The Balaban J connectivity index is 2.71. The Bertz CT molecular complexity index is 340. The van der Waals surface area contributed by atoms with Crippen LogP contribution in [0.15, 0.2) is 16.6 Å². The normalized spacial score (nSPS) is 12.9. The molecule has 0 aliphatic rings. The number of alkyl halides is 1. The van der Waals surface area contributed by atoms with Crippen molar-refractivity contribution in [3.63, 3.8) is 0 Å². The molecule has 1 aromatic carbocycles. The van der Waals surface area contributed by atoms with Crippen molar-refractivity contribution < 1.29 is 8.78 Å². The van der Waals surface area contributed by atoms with Crippen LogP contribution < -0.4 is 0 Å². The van der Waals surface area contributed by atoms with Gasteiger partial charge in [0.15, 0.2) is 0 Å². The molecule has 4 heteroatoms. The van der Waals surface area contributed by atoms with Crippen LogP contribution in [-0.2, 0) is 6.42 Å². The first kappa shape index (κ1) is 12.9. The summed E-state index contributed by atoms with van der Waals surface area (Å²) in [7, 11) is 0. The minimum atomic E-state index is -0.503. The fraction of sp³-hybridized carbons (Fsp3) is 0.455. The van der Waals surface area contributed by atoms with Gasteiger partial charge in [-0.1, -0.05) is 0 Å². The summed E-state index contributed by atoms with van der Waals surface area (Å²) < 4.78 is 27.0. The van der Waals surface area contributed by atoms with E-state index in [1.165, 1.54) is 12.1 Å². The smallest absolute Gasteiger partial charge is 0.143 e. The molecule has 0 nitrogen and oxygen atoms in total. The Morgan fingerprint density at radius 3 is 2.67 bits per heavy atom. The zero-order chi connectivity index (χ0) is 11.4. The van der Waals surface area contributed by atoms with Gasteiger partial charge in [-0.3, -0.25) is 0 Å². The van der Waals surface area contributed by atoms with E-state index in [1.807, 2.05) is 6.92 Å². The van der Waals surface area contributed by atoms with E-state index in [0.29, 0.717) is 17.3 Å². The molecule has 0 aliphatic heterocycles. The van der Waals surface area contributed by atoms with Crippen LogP contribution in [0.4, 0.5) is 8.78 Å². The highest BCUT2D eigenvalue weighted by molar-refractivity contribution is 9.10. The van der Waals surface area contributed by atoms with Gasteiger partial charge in [-0.25, -0.2) is 8.78 Å². The molecular formula is C11H12BrClF2. The second kappa shape index (κ2) is 5.80. The number of halogens is 4. The Hall–Kier alpha value is -0.150. The van der Waals surface area contributed by atoms with Crippen molar-refractivity contribution in [2.45, 2.75) is 31.6 Å². The number of hydrogen-bond donors (Lipinski definition) is 0. The molecule has 1 aromatic rings. The summed E-state index contributed by atoms with van der Waals surface area (Å²) in [4.78, 5) is 0. The van der Waals surface area contributed by atoms with Gasteiger partial charge in [-0.15, -0.1) is 11.6 Å². The fourth-order valence-electron chi connectivity index (χ4n) is 1.36. The summed E-state index contributed by atoms with van der Waals surface area (Å²) in [6, 6.07) is 2.64. The van der Waals surface area contributed by atoms with E-state index in [1.54, 1.807) is 0 Å². The largest absolute Gasteiger partial charge is 0.207 e. The Labute approximate surface area is 102 Å². The Morgan fingerprint density at radius 2 is 2.07 bits per heavy atom. The summed E-state index contributed by atoms with van der Waals surface area (Å²) in [5.41, 5.74) is 0.140. The third-order valence-electron chi connectivity index (χ3n) is 2.17. The lowest BCUT2D eigenvalue weighted by atomic mass is 10.1. The van der Waals surface area contributed by atoms with Crippen LogP contribution in [-0.4, -0.2) is 5.38 Å². The molecule has 0 saturated heterocycles. The van der Waals surface area contributed by atoms with Crippen molar-refractivity contribution in [1.29, 1.82) is 0 Å². The quantitative estimate of drug-likeness (QED) is 0.559. The molecule has 0 aliphatic carbocycles. The summed E-state index contributed by atoms with van der Waals surface area (Å²) in [5, 5.41) is 0.0447. The SMILES string of the molecule is CC(Cl)CCCc1c(F)ccc(Br)c1F. The van der Waals surface area contributed by atoms with Crippen LogP contribution in [0.5, 0.6) is 0 Å². The summed E-state index contributed by atoms with van der Waals surface area (Å²) >= 11 is 8.79. The predicted octanol–water partition coefficient (Wildman–Crippen LogP) is 4.68. The van der Waals surface area contributed by atoms with Crippen LogP contribution in [0, 0.1) is 11.6 Å². The first-order chi connectivity index (χ1) is 7.02. The van der Waals surface area contributed by atoms with E-state index >= 15 is 0 Å². The predicted molar refractivity (Wildman–Crippen MR) is 62.3 cm³/mol. The first-order valence-corrected chi connectivity index (χ1v) is 6.01. The van der Waals surface area contributed by atoms with Crippen LogP contribution in [0.2, 0.25) is 0 Å².